The molecule has 0 bridgehead atoms. The van der Waals surface area contributed by atoms with Crippen LogP contribution < -0.4 is 5.73 Å². The molecule has 0 aliphatic rings. The van der Waals surface area contributed by atoms with Gasteiger partial charge < -0.3 is 10.8 Å². The average molecular weight is 255 g/mol. The zero-order valence-corrected chi connectivity index (χ0v) is 10.3. The maximum Gasteiger partial charge on any atom is 0.392 e. The first kappa shape index (κ1) is 16.2. The Morgan fingerprint density at radius 3 is 2.06 bits per heavy atom. The van der Waals surface area contributed by atoms with Crippen LogP contribution in [-0.4, -0.2) is 23.3 Å². The van der Waals surface area contributed by atoms with Gasteiger partial charge in [-0.3, -0.25) is 4.79 Å². The Bertz CT molecular complexity index is 258. The molecule has 0 aromatic carbocycles. The summed E-state index contributed by atoms with van der Waals surface area (Å²) >= 11 is 0. The van der Waals surface area contributed by atoms with E-state index in [2.05, 4.69) is 0 Å². The fourth-order valence-corrected chi connectivity index (χ4v) is 1.78. The van der Waals surface area contributed by atoms with E-state index in [4.69, 9.17) is 10.8 Å². The third-order valence-electron chi connectivity index (χ3n) is 2.35. The number of halogens is 3. The van der Waals surface area contributed by atoms with Gasteiger partial charge in [0.25, 0.3) is 0 Å². The van der Waals surface area contributed by atoms with Gasteiger partial charge in [0.2, 0.25) is 0 Å². The predicted molar refractivity (Wildman–Crippen MR) is 58.5 cm³/mol. The number of carbonyl (C=O) groups is 1. The molecule has 6 heteroatoms. The smallest absolute Gasteiger partial charge is 0.392 e. The van der Waals surface area contributed by atoms with Crippen molar-refractivity contribution < 1.29 is 23.1 Å². The van der Waals surface area contributed by atoms with E-state index in [0.717, 1.165) is 0 Å². The topological polar surface area (TPSA) is 63.3 Å². The molecule has 0 amide bonds. The van der Waals surface area contributed by atoms with Crippen LogP contribution in [0.5, 0.6) is 0 Å². The van der Waals surface area contributed by atoms with Crippen molar-refractivity contribution in [3.8, 4) is 0 Å². The average Bonchev–Trinajstić information content (AvgIpc) is 1.95. The Balaban J connectivity index is 4.49. The van der Waals surface area contributed by atoms with Crippen molar-refractivity contribution in [2.24, 2.45) is 17.1 Å². The zero-order chi connectivity index (χ0) is 13.9. The van der Waals surface area contributed by atoms with Crippen molar-refractivity contribution >= 4 is 5.97 Å². The molecular formula is C11H20F3NO2. The normalized spacial score (nSPS) is 16.6. The largest absolute Gasteiger partial charge is 0.481 e. The number of carboxylic acids is 1. The van der Waals surface area contributed by atoms with Crippen LogP contribution in [0.2, 0.25) is 0 Å². The van der Waals surface area contributed by atoms with Crippen LogP contribution in [0.1, 0.15) is 40.0 Å². The summed E-state index contributed by atoms with van der Waals surface area (Å²) in [6.45, 7) is 5.64. The van der Waals surface area contributed by atoms with Gasteiger partial charge in [0.15, 0.2) is 0 Å². The van der Waals surface area contributed by atoms with Gasteiger partial charge in [-0.2, -0.15) is 13.2 Å². The Morgan fingerprint density at radius 1 is 1.29 bits per heavy atom. The molecule has 0 aromatic rings. The molecule has 0 aliphatic carbocycles. The van der Waals surface area contributed by atoms with Gasteiger partial charge >= 0.3 is 12.1 Å². The van der Waals surface area contributed by atoms with E-state index in [9.17, 15) is 18.0 Å². The Labute approximate surface area is 99.2 Å². The summed E-state index contributed by atoms with van der Waals surface area (Å²) in [6.07, 6.45) is -5.33. The number of rotatable bonds is 5. The van der Waals surface area contributed by atoms with Gasteiger partial charge in [0, 0.05) is 6.04 Å². The first-order valence-electron chi connectivity index (χ1n) is 5.46. The lowest BCUT2D eigenvalue weighted by molar-refractivity contribution is -0.185. The minimum absolute atomic E-state index is 0.168. The lowest BCUT2D eigenvalue weighted by Gasteiger charge is -2.27. The van der Waals surface area contributed by atoms with E-state index >= 15 is 0 Å². The summed E-state index contributed by atoms with van der Waals surface area (Å²) in [7, 11) is 0. The van der Waals surface area contributed by atoms with Crippen LogP contribution >= 0.6 is 0 Å². The Morgan fingerprint density at radius 2 is 1.76 bits per heavy atom. The number of hydrogen-bond donors (Lipinski definition) is 2. The molecule has 0 saturated carbocycles. The minimum Gasteiger partial charge on any atom is -0.481 e. The summed E-state index contributed by atoms with van der Waals surface area (Å²) in [5.41, 5.74) is 5.47. The van der Waals surface area contributed by atoms with Crippen LogP contribution in [-0.2, 0) is 4.79 Å². The number of nitrogens with two attached hydrogens (primary N) is 1. The monoisotopic (exact) mass is 255 g/mol. The highest BCUT2D eigenvalue weighted by Gasteiger charge is 2.41. The second-order valence-electron chi connectivity index (χ2n) is 5.60. The standard InChI is InChI=1S/C11H20F3NO2/c1-10(2,3)6-8(15)4-7(5-9(16)17)11(12,13)14/h7-8H,4-6,15H2,1-3H3,(H,16,17)/t7-,8-/m0/s1. The number of aliphatic carboxylic acids is 1. The van der Waals surface area contributed by atoms with Crippen molar-refractivity contribution in [1.82, 2.24) is 0 Å². The molecule has 102 valence electrons. The lowest BCUT2D eigenvalue weighted by Crippen LogP contribution is -2.35. The van der Waals surface area contributed by atoms with Crippen molar-refractivity contribution in [3.05, 3.63) is 0 Å². The fraction of sp³-hybridized carbons (Fsp3) is 0.909. The third kappa shape index (κ3) is 8.01. The van der Waals surface area contributed by atoms with Crippen molar-refractivity contribution in [3.63, 3.8) is 0 Å². The van der Waals surface area contributed by atoms with Crippen molar-refractivity contribution in [2.45, 2.75) is 52.3 Å². The van der Waals surface area contributed by atoms with Crippen LogP contribution in [0.3, 0.4) is 0 Å². The molecule has 2 atom stereocenters. The number of alkyl halides is 3. The summed E-state index contributed by atoms with van der Waals surface area (Å²) < 4.78 is 37.7. The number of carboxylic acid groups (broad SMARTS) is 1. The van der Waals surface area contributed by atoms with E-state index in [-0.39, 0.29) is 11.8 Å². The highest BCUT2D eigenvalue weighted by atomic mass is 19.4. The van der Waals surface area contributed by atoms with E-state index in [1.54, 1.807) is 0 Å². The molecule has 17 heavy (non-hydrogen) atoms. The molecule has 0 aliphatic heterocycles. The first-order chi connectivity index (χ1) is 7.42. The second kappa shape index (κ2) is 5.71. The quantitative estimate of drug-likeness (QED) is 0.794. The van der Waals surface area contributed by atoms with Gasteiger partial charge in [-0.05, 0) is 18.3 Å². The first-order valence-corrected chi connectivity index (χ1v) is 5.46. The highest BCUT2D eigenvalue weighted by Crippen LogP contribution is 2.34. The van der Waals surface area contributed by atoms with Crippen LogP contribution in [0.15, 0.2) is 0 Å². The molecule has 0 unspecified atom stereocenters. The van der Waals surface area contributed by atoms with Gasteiger partial charge in [-0.15, -0.1) is 0 Å². The van der Waals surface area contributed by atoms with Crippen LogP contribution in [0.4, 0.5) is 13.2 Å². The van der Waals surface area contributed by atoms with E-state index in [1.807, 2.05) is 20.8 Å². The van der Waals surface area contributed by atoms with E-state index in [0.29, 0.717) is 6.42 Å². The van der Waals surface area contributed by atoms with Crippen molar-refractivity contribution in [1.29, 1.82) is 0 Å². The van der Waals surface area contributed by atoms with Gasteiger partial charge in [-0.1, -0.05) is 20.8 Å². The Kier molecular flexibility index (Phi) is 5.45. The molecule has 0 spiro atoms. The highest BCUT2D eigenvalue weighted by molar-refractivity contribution is 5.67. The summed E-state index contributed by atoms with van der Waals surface area (Å²) in [4.78, 5) is 10.4. The maximum atomic E-state index is 12.6. The van der Waals surface area contributed by atoms with Gasteiger partial charge in [-0.25, -0.2) is 0 Å². The van der Waals surface area contributed by atoms with Crippen molar-refractivity contribution in [2.75, 3.05) is 0 Å². The molecule has 0 fully saturated rings. The fourth-order valence-electron chi connectivity index (χ4n) is 1.78. The minimum atomic E-state index is -4.51. The van der Waals surface area contributed by atoms with Crippen LogP contribution in [0, 0.1) is 11.3 Å². The molecule has 3 N–H and O–H groups in total. The molecule has 0 heterocycles. The second-order valence-corrected chi connectivity index (χ2v) is 5.60. The third-order valence-corrected chi connectivity index (χ3v) is 2.35. The molecule has 3 nitrogen and oxygen atoms in total. The molecule has 0 aromatic heterocycles. The molecule has 0 saturated heterocycles. The van der Waals surface area contributed by atoms with Gasteiger partial charge in [0.05, 0.1) is 12.3 Å². The summed E-state index contributed by atoms with van der Waals surface area (Å²) in [5.74, 6) is -3.31. The molecule has 0 rings (SSSR count). The van der Waals surface area contributed by atoms with Gasteiger partial charge in [0.1, 0.15) is 0 Å². The zero-order valence-electron chi connectivity index (χ0n) is 10.3. The predicted octanol–water partition coefficient (Wildman–Crippen LogP) is 2.79. The SMILES string of the molecule is CC(C)(C)C[C@@H](N)C[C@@H](CC(=O)O)C(F)(F)F. The van der Waals surface area contributed by atoms with E-state index < -0.39 is 30.5 Å². The molecular weight excluding hydrogens is 235 g/mol. The lowest BCUT2D eigenvalue weighted by atomic mass is 9.84. The van der Waals surface area contributed by atoms with E-state index in [1.165, 1.54) is 0 Å². The maximum absolute atomic E-state index is 12.6. The summed E-state index contributed by atoms with van der Waals surface area (Å²) in [5, 5.41) is 8.45. The number of hydrogen-bond acceptors (Lipinski definition) is 2. The summed E-state index contributed by atoms with van der Waals surface area (Å²) in [6, 6.07) is -0.638. The molecule has 0 radical (unpaired) electrons. The van der Waals surface area contributed by atoms with Crippen LogP contribution in [0.25, 0.3) is 0 Å². The Hall–Kier alpha value is -0.780.